The topological polar surface area (TPSA) is 70.0 Å². The Labute approximate surface area is 192 Å². The molecule has 0 bridgehead atoms. The lowest BCUT2D eigenvalue weighted by Crippen LogP contribution is -2.27. The highest BCUT2D eigenvalue weighted by molar-refractivity contribution is 5.76. The lowest BCUT2D eigenvalue weighted by Gasteiger charge is -2.18. The van der Waals surface area contributed by atoms with Crippen molar-refractivity contribution >= 4 is 5.91 Å². The number of hydrogen-bond acceptors (Lipinski definition) is 4. The maximum Gasteiger partial charge on any atom is 0.222 e. The van der Waals surface area contributed by atoms with Crippen LogP contribution in [-0.2, 0) is 11.2 Å². The third-order valence-corrected chi connectivity index (χ3v) is 7.44. The van der Waals surface area contributed by atoms with Gasteiger partial charge in [-0.15, -0.1) is 0 Å². The SMILES string of the molecule is CCCCC[C@H](O)C=C[C@@H]1[C@H]2c3cccc(CCCC(=O)N4CCCC4)c3O[C@H]2C[C@H]1O. The van der Waals surface area contributed by atoms with Gasteiger partial charge in [0.2, 0.25) is 5.91 Å². The van der Waals surface area contributed by atoms with Gasteiger partial charge in [0.15, 0.2) is 0 Å². The molecular formula is C27H39NO4. The number of likely N-dealkylation sites (tertiary alicyclic amines) is 1. The highest BCUT2D eigenvalue weighted by Gasteiger charge is 2.48. The first-order chi connectivity index (χ1) is 15.6. The summed E-state index contributed by atoms with van der Waals surface area (Å²) in [6, 6.07) is 6.31. The van der Waals surface area contributed by atoms with E-state index in [1.54, 1.807) is 0 Å². The minimum atomic E-state index is -0.450. The molecule has 1 saturated heterocycles. The second kappa shape index (κ2) is 10.8. The van der Waals surface area contributed by atoms with Crippen LogP contribution < -0.4 is 4.74 Å². The number of nitrogens with zero attached hydrogens (tertiary/aromatic N) is 1. The number of carbonyl (C=O) groups excluding carboxylic acids is 1. The number of ether oxygens (including phenoxy) is 1. The molecule has 1 aromatic rings. The fourth-order valence-corrected chi connectivity index (χ4v) is 5.68. The Balaban J connectivity index is 1.38. The van der Waals surface area contributed by atoms with Gasteiger partial charge in [0.05, 0.1) is 12.2 Å². The molecule has 0 unspecified atom stereocenters. The molecule has 5 nitrogen and oxygen atoms in total. The zero-order chi connectivity index (χ0) is 22.5. The zero-order valence-corrected chi connectivity index (χ0v) is 19.4. The van der Waals surface area contributed by atoms with Crippen molar-refractivity contribution in [1.82, 2.24) is 4.90 Å². The number of benzene rings is 1. The smallest absolute Gasteiger partial charge is 0.222 e. The fourth-order valence-electron chi connectivity index (χ4n) is 5.68. The van der Waals surface area contributed by atoms with Gasteiger partial charge < -0.3 is 19.8 Å². The first-order valence-electron chi connectivity index (χ1n) is 12.7. The van der Waals surface area contributed by atoms with E-state index in [0.717, 1.165) is 70.2 Å². The average Bonchev–Trinajstić information content (AvgIpc) is 3.49. The number of aliphatic hydroxyl groups excluding tert-OH is 2. The number of carbonyl (C=O) groups is 1. The van der Waals surface area contributed by atoms with Gasteiger partial charge in [-0.25, -0.2) is 0 Å². The van der Waals surface area contributed by atoms with E-state index in [1.165, 1.54) is 11.1 Å². The van der Waals surface area contributed by atoms with Crippen LogP contribution in [0.2, 0.25) is 0 Å². The normalized spacial score (nSPS) is 27.5. The molecular weight excluding hydrogens is 402 g/mol. The number of aryl methyl sites for hydroxylation is 1. The standard InChI is InChI=1S/C27H39NO4/c1-2-3-4-11-20(29)14-15-21-23(30)18-24-26(21)22-12-7-9-19(27(22)32-24)10-8-13-25(31)28-16-5-6-17-28/h7,9,12,14-15,20-21,23-24,26,29-30H,2-6,8,10-11,13,16-18H2,1H3/t20-,21-,23+,24-,26-/m0/s1. The molecule has 2 heterocycles. The molecule has 3 aliphatic rings. The minimum absolute atomic E-state index is 0.0146. The van der Waals surface area contributed by atoms with Crippen LogP contribution in [0, 0.1) is 5.92 Å². The summed E-state index contributed by atoms with van der Waals surface area (Å²) in [6.07, 6.45) is 12.2. The van der Waals surface area contributed by atoms with E-state index in [-0.39, 0.29) is 23.8 Å². The summed E-state index contributed by atoms with van der Waals surface area (Å²) in [7, 11) is 0. The lowest BCUT2D eigenvalue weighted by atomic mass is 9.86. The highest BCUT2D eigenvalue weighted by Crippen LogP contribution is 2.52. The predicted octanol–water partition coefficient (Wildman–Crippen LogP) is 4.35. The van der Waals surface area contributed by atoms with Gasteiger partial charge in [0.25, 0.3) is 0 Å². The van der Waals surface area contributed by atoms with Crippen LogP contribution >= 0.6 is 0 Å². The van der Waals surface area contributed by atoms with Crippen molar-refractivity contribution in [1.29, 1.82) is 0 Å². The number of hydrogen-bond donors (Lipinski definition) is 2. The third kappa shape index (κ3) is 5.20. The monoisotopic (exact) mass is 441 g/mol. The van der Waals surface area contributed by atoms with Gasteiger partial charge in [-0.05, 0) is 37.7 Å². The average molecular weight is 442 g/mol. The van der Waals surface area contributed by atoms with E-state index in [9.17, 15) is 15.0 Å². The van der Waals surface area contributed by atoms with Gasteiger partial charge in [-0.1, -0.05) is 56.5 Å². The van der Waals surface area contributed by atoms with E-state index in [0.29, 0.717) is 12.8 Å². The van der Waals surface area contributed by atoms with Crippen molar-refractivity contribution in [2.24, 2.45) is 5.92 Å². The van der Waals surface area contributed by atoms with Crippen LogP contribution in [0.25, 0.3) is 0 Å². The second-order valence-corrected chi connectivity index (χ2v) is 9.79. The van der Waals surface area contributed by atoms with Crippen LogP contribution in [-0.4, -0.2) is 52.4 Å². The van der Waals surface area contributed by atoms with E-state index < -0.39 is 12.2 Å². The predicted molar refractivity (Wildman–Crippen MR) is 126 cm³/mol. The van der Waals surface area contributed by atoms with Crippen LogP contribution in [0.5, 0.6) is 5.75 Å². The van der Waals surface area contributed by atoms with E-state index in [2.05, 4.69) is 25.1 Å². The number of aliphatic hydroxyl groups is 2. The maximum atomic E-state index is 12.4. The zero-order valence-electron chi connectivity index (χ0n) is 19.4. The number of para-hydroxylation sites is 1. The van der Waals surface area contributed by atoms with Crippen molar-refractivity contribution in [3.8, 4) is 5.75 Å². The summed E-state index contributed by atoms with van der Waals surface area (Å²) < 4.78 is 6.35. The van der Waals surface area contributed by atoms with Crippen molar-refractivity contribution in [3.63, 3.8) is 0 Å². The Morgan fingerprint density at radius 2 is 2.06 bits per heavy atom. The van der Waals surface area contributed by atoms with Gasteiger partial charge in [-0.2, -0.15) is 0 Å². The van der Waals surface area contributed by atoms with Gasteiger partial charge in [0, 0.05) is 43.3 Å². The van der Waals surface area contributed by atoms with Crippen molar-refractivity contribution in [2.75, 3.05) is 13.1 Å². The van der Waals surface area contributed by atoms with Crippen molar-refractivity contribution in [3.05, 3.63) is 41.5 Å². The molecule has 1 aliphatic carbocycles. The largest absolute Gasteiger partial charge is 0.489 e. The number of fused-ring (bicyclic) bond motifs is 3. The molecule has 1 aromatic carbocycles. The summed E-state index contributed by atoms with van der Waals surface area (Å²) in [5.41, 5.74) is 2.34. The van der Waals surface area contributed by atoms with E-state index >= 15 is 0 Å². The Bertz CT molecular complexity index is 801. The first-order valence-corrected chi connectivity index (χ1v) is 12.7. The maximum absolute atomic E-state index is 12.4. The highest BCUT2D eigenvalue weighted by atomic mass is 16.5. The summed E-state index contributed by atoms with van der Waals surface area (Å²) in [6.45, 7) is 3.99. The second-order valence-electron chi connectivity index (χ2n) is 9.79. The molecule has 0 spiro atoms. The summed E-state index contributed by atoms with van der Waals surface area (Å²) in [4.78, 5) is 14.3. The van der Waals surface area contributed by atoms with Gasteiger partial charge in [0.1, 0.15) is 11.9 Å². The molecule has 5 heteroatoms. The lowest BCUT2D eigenvalue weighted by molar-refractivity contribution is -0.130. The summed E-state index contributed by atoms with van der Waals surface area (Å²) in [5, 5.41) is 21.0. The van der Waals surface area contributed by atoms with E-state index in [4.69, 9.17) is 4.74 Å². The Morgan fingerprint density at radius 3 is 2.84 bits per heavy atom. The minimum Gasteiger partial charge on any atom is -0.489 e. The quantitative estimate of drug-likeness (QED) is 0.418. The molecule has 0 aromatic heterocycles. The molecule has 176 valence electrons. The molecule has 0 radical (unpaired) electrons. The number of rotatable bonds is 10. The Morgan fingerprint density at radius 1 is 1.25 bits per heavy atom. The Kier molecular flexibility index (Phi) is 7.90. The van der Waals surface area contributed by atoms with Crippen LogP contribution in [0.3, 0.4) is 0 Å². The molecule has 1 saturated carbocycles. The first kappa shape index (κ1) is 23.3. The van der Waals surface area contributed by atoms with Crippen LogP contribution in [0.15, 0.2) is 30.4 Å². The summed E-state index contributed by atoms with van der Waals surface area (Å²) in [5.74, 6) is 1.34. The molecule has 32 heavy (non-hydrogen) atoms. The fraction of sp³-hybridized carbons (Fsp3) is 0.667. The molecule has 2 aliphatic heterocycles. The number of unbranched alkanes of at least 4 members (excludes halogenated alkanes) is 2. The van der Waals surface area contributed by atoms with Gasteiger partial charge in [-0.3, -0.25) is 4.79 Å². The molecule has 2 fully saturated rings. The Hall–Kier alpha value is -1.85. The van der Waals surface area contributed by atoms with Gasteiger partial charge >= 0.3 is 0 Å². The number of amides is 1. The van der Waals surface area contributed by atoms with E-state index in [1.807, 2.05) is 17.1 Å². The van der Waals surface area contributed by atoms with Crippen LogP contribution in [0.4, 0.5) is 0 Å². The van der Waals surface area contributed by atoms with Crippen molar-refractivity contribution < 1.29 is 19.7 Å². The molecule has 1 amide bonds. The van der Waals surface area contributed by atoms with Crippen LogP contribution in [0.1, 0.15) is 81.8 Å². The van der Waals surface area contributed by atoms with Crippen molar-refractivity contribution in [2.45, 2.75) is 95.4 Å². The third-order valence-electron chi connectivity index (χ3n) is 7.44. The summed E-state index contributed by atoms with van der Waals surface area (Å²) >= 11 is 0. The molecule has 5 atom stereocenters. The molecule has 4 rings (SSSR count). The molecule has 2 N–H and O–H groups in total.